The third kappa shape index (κ3) is 3.92. The highest BCUT2D eigenvalue weighted by molar-refractivity contribution is 14.1. The molecular weight excluding hydrogens is 301 g/mol. The molecule has 1 N–H and O–H groups in total. The Labute approximate surface area is 104 Å². The van der Waals surface area contributed by atoms with Crippen LogP contribution in [0.4, 0.5) is 0 Å². The number of halogens is 1. The first-order valence-corrected chi connectivity index (χ1v) is 5.71. The minimum absolute atomic E-state index is 0.0142. The molecule has 0 fully saturated rings. The number of hydrogen-bond acceptors (Lipinski definition) is 1. The van der Waals surface area contributed by atoms with Gasteiger partial charge in [0, 0.05) is 21.6 Å². The maximum absolute atomic E-state index is 11.7. The van der Waals surface area contributed by atoms with Gasteiger partial charge < -0.3 is 5.32 Å². The van der Waals surface area contributed by atoms with Crippen molar-refractivity contribution in [3.63, 3.8) is 0 Å². The molecular formula is C12H12INO. The van der Waals surface area contributed by atoms with Crippen molar-refractivity contribution in [1.29, 1.82) is 0 Å². The number of carbonyl (C=O) groups is 1. The fraction of sp³-hybridized carbons (Fsp3) is 0.250. The lowest BCUT2D eigenvalue weighted by Crippen LogP contribution is -2.32. The highest BCUT2D eigenvalue weighted by Gasteiger charge is 2.08. The van der Waals surface area contributed by atoms with Crippen LogP contribution < -0.4 is 5.32 Å². The van der Waals surface area contributed by atoms with Crippen LogP contribution in [-0.4, -0.2) is 11.9 Å². The minimum Gasteiger partial charge on any atom is -0.349 e. The maximum atomic E-state index is 11.7. The molecule has 1 amide bonds. The lowest BCUT2D eigenvalue weighted by atomic mass is 10.2. The fourth-order valence-electron chi connectivity index (χ4n) is 1.16. The summed E-state index contributed by atoms with van der Waals surface area (Å²) in [4.78, 5) is 11.7. The molecule has 0 heterocycles. The molecule has 0 saturated heterocycles. The van der Waals surface area contributed by atoms with Crippen LogP contribution in [0.25, 0.3) is 0 Å². The van der Waals surface area contributed by atoms with E-state index in [1.54, 1.807) is 6.07 Å². The predicted octanol–water partition coefficient (Wildman–Crippen LogP) is 2.43. The van der Waals surface area contributed by atoms with Gasteiger partial charge in [-0.1, -0.05) is 6.07 Å². The van der Waals surface area contributed by atoms with Gasteiger partial charge in [-0.2, -0.15) is 0 Å². The average Bonchev–Trinajstić information content (AvgIpc) is 2.18. The van der Waals surface area contributed by atoms with Crippen LogP contribution >= 0.6 is 22.6 Å². The lowest BCUT2D eigenvalue weighted by molar-refractivity contribution is 0.0941. The second-order valence-electron chi connectivity index (χ2n) is 3.29. The standard InChI is InChI=1S/C12H12INO/c1-3-5-9(2)14-12(15)10-6-4-7-11(13)8-10/h1,4,6-9H,5H2,2H3,(H,14,15). The number of rotatable bonds is 3. The van der Waals surface area contributed by atoms with E-state index in [2.05, 4.69) is 33.8 Å². The highest BCUT2D eigenvalue weighted by atomic mass is 127. The molecule has 1 unspecified atom stereocenters. The Morgan fingerprint density at radius 3 is 3.00 bits per heavy atom. The number of benzene rings is 1. The first-order valence-electron chi connectivity index (χ1n) is 4.63. The Hall–Kier alpha value is -1.02. The largest absolute Gasteiger partial charge is 0.349 e. The van der Waals surface area contributed by atoms with Crippen molar-refractivity contribution in [3.05, 3.63) is 33.4 Å². The molecule has 0 bridgehead atoms. The fourth-order valence-corrected chi connectivity index (χ4v) is 1.71. The summed E-state index contributed by atoms with van der Waals surface area (Å²) in [6.45, 7) is 1.89. The predicted molar refractivity (Wildman–Crippen MR) is 69.5 cm³/mol. The molecule has 3 heteroatoms. The molecule has 1 atom stereocenters. The molecule has 0 aliphatic carbocycles. The molecule has 1 aromatic rings. The van der Waals surface area contributed by atoms with Crippen LogP contribution in [0.3, 0.4) is 0 Å². The molecule has 2 nitrogen and oxygen atoms in total. The van der Waals surface area contributed by atoms with Crippen molar-refractivity contribution in [2.75, 3.05) is 0 Å². The SMILES string of the molecule is C#CCC(C)NC(=O)c1cccc(I)c1. The van der Waals surface area contributed by atoms with Gasteiger partial charge in [-0.25, -0.2) is 0 Å². The third-order valence-corrected chi connectivity index (χ3v) is 2.56. The van der Waals surface area contributed by atoms with Crippen LogP contribution in [0.2, 0.25) is 0 Å². The normalized spacial score (nSPS) is 11.5. The van der Waals surface area contributed by atoms with E-state index >= 15 is 0 Å². The monoisotopic (exact) mass is 313 g/mol. The van der Waals surface area contributed by atoms with Gasteiger partial charge in [-0.05, 0) is 47.7 Å². The Morgan fingerprint density at radius 2 is 2.40 bits per heavy atom. The van der Waals surface area contributed by atoms with E-state index in [0.29, 0.717) is 12.0 Å². The maximum Gasteiger partial charge on any atom is 0.251 e. The molecule has 0 aliphatic heterocycles. The summed E-state index contributed by atoms with van der Waals surface area (Å²) in [6.07, 6.45) is 5.72. The number of hydrogen-bond donors (Lipinski definition) is 1. The van der Waals surface area contributed by atoms with Crippen molar-refractivity contribution < 1.29 is 4.79 Å². The summed E-state index contributed by atoms with van der Waals surface area (Å²) in [7, 11) is 0. The second kappa shape index (κ2) is 5.76. The van der Waals surface area contributed by atoms with E-state index in [-0.39, 0.29) is 11.9 Å². The molecule has 78 valence electrons. The molecule has 0 spiro atoms. The highest BCUT2D eigenvalue weighted by Crippen LogP contribution is 2.07. The van der Waals surface area contributed by atoms with Crippen molar-refractivity contribution in [2.24, 2.45) is 0 Å². The minimum atomic E-state index is -0.0729. The van der Waals surface area contributed by atoms with E-state index in [1.807, 2.05) is 25.1 Å². The van der Waals surface area contributed by atoms with Gasteiger partial charge >= 0.3 is 0 Å². The summed E-state index contributed by atoms with van der Waals surface area (Å²) in [5.74, 6) is 2.45. The van der Waals surface area contributed by atoms with Crippen LogP contribution in [0.1, 0.15) is 23.7 Å². The number of nitrogens with one attached hydrogen (secondary N) is 1. The summed E-state index contributed by atoms with van der Waals surface area (Å²) in [5, 5.41) is 2.84. The molecule has 1 rings (SSSR count). The Kier molecular flexibility index (Phi) is 4.63. The average molecular weight is 313 g/mol. The van der Waals surface area contributed by atoms with Gasteiger partial charge in [0.15, 0.2) is 0 Å². The Balaban J connectivity index is 2.66. The van der Waals surface area contributed by atoms with Gasteiger partial charge in [-0.15, -0.1) is 12.3 Å². The summed E-state index contributed by atoms with van der Waals surface area (Å²) in [6, 6.07) is 7.46. The zero-order valence-electron chi connectivity index (χ0n) is 8.46. The van der Waals surface area contributed by atoms with Crippen LogP contribution in [0.5, 0.6) is 0 Å². The summed E-state index contributed by atoms with van der Waals surface area (Å²) in [5.41, 5.74) is 0.672. The van der Waals surface area contributed by atoms with Crippen LogP contribution in [-0.2, 0) is 0 Å². The molecule has 1 aromatic carbocycles. The van der Waals surface area contributed by atoms with E-state index < -0.39 is 0 Å². The lowest BCUT2D eigenvalue weighted by Gasteiger charge is -2.10. The quantitative estimate of drug-likeness (QED) is 0.674. The zero-order valence-corrected chi connectivity index (χ0v) is 10.6. The van der Waals surface area contributed by atoms with Crippen molar-refractivity contribution in [1.82, 2.24) is 5.32 Å². The van der Waals surface area contributed by atoms with Gasteiger partial charge in [-0.3, -0.25) is 4.79 Å². The van der Waals surface area contributed by atoms with Gasteiger partial charge in [0.25, 0.3) is 5.91 Å². The van der Waals surface area contributed by atoms with Crippen molar-refractivity contribution in [3.8, 4) is 12.3 Å². The smallest absolute Gasteiger partial charge is 0.251 e. The first kappa shape index (κ1) is 12.1. The molecule has 0 radical (unpaired) electrons. The van der Waals surface area contributed by atoms with E-state index in [4.69, 9.17) is 6.42 Å². The van der Waals surface area contributed by atoms with Crippen molar-refractivity contribution >= 4 is 28.5 Å². The zero-order chi connectivity index (χ0) is 11.3. The van der Waals surface area contributed by atoms with Gasteiger partial charge in [0.2, 0.25) is 0 Å². The third-order valence-electron chi connectivity index (χ3n) is 1.89. The van der Waals surface area contributed by atoms with Crippen LogP contribution in [0.15, 0.2) is 24.3 Å². The summed E-state index contributed by atoms with van der Waals surface area (Å²) < 4.78 is 1.05. The first-order chi connectivity index (χ1) is 7.13. The molecule has 0 saturated carbocycles. The number of terminal acetylenes is 1. The molecule has 0 aromatic heterocycles. The van der Waals surface area contributed by atoms with Gasteiger partial charge in [0.1, 0.15) is 0 Å². The van der Waals surface area contributed by atoms with Gasteiger partial charge in [0.05, 0.1) is 0 Å². The number of amides is 1. The number of carbonyl (C=O) groups excluding carboxylic acids is 1. The molecule has 15 heavy (non-hydrogen) atoms. The van der Waals surface area contributed by atoms with Crippen molar-refractivity contribution in [2.45, 2.75) is 19.4 Å². The molecule has 0 aliphatic rings. The summed E-state index contributed by atoms with van der Waals surface area (Å²) >= 11 is 2.18. The Morgan fingerprint density at radius 1 is 1.67 bits per heavy atom. The van der Waals surface area contributed by atoms with E-state index in [0.717, 1.165) is 3.57 Å². The topological polar surface area (TPSA) is 29.1 Å². The Bertz CT molecular complexity index is 395. The van der Waals surface area contributed by atoms with Crippen LogP contribution in [0, 0.1) is 15.9 Å². The van der Waals surface area contributed by atoms with E-state index in [1.165, 1.54) is 0 Å². The van der Waals surface area contributed by atoms with E-state index in [9.17, 15) is 4.79 Å². The second-order valence-corrected chi connectivity index (χ2v) is 4.54.